The second-order valence-corrected chi connectivity index (χ2v) is 6.94. The van der Waals surface area contributed by atoms with Gasteiger partial charge in [0.05, 0.1) is 0 Å². The van der Waals surface area contributed by atoms with E-state index < -0.39 is 0 Å². The lowest BCUT2D eigenvalue weighted by Gasteiger charge is -2.29. The van der Waals surface area contributed by atoms with Crippen LogP contribution in [0.4, 0.5) is 0 Å². The van der Waals surface area contributed by atoms with Gasteiger partial charge >= 0.3 is 0 Å². The number of nitrogens with one attached hydrogen (secondary N) is 1. The van der Waals surface area contributed by atoms with Gasteiger partial charge in [-0.25, -0.2) is 0 Å². The van der Waals surface area contributed by atoms with Crippen molar-refractivity contribution in [2.24, 2.45) is 5.92 Å². The van der Waals surface area contributed by atoms with Gasteiger partial charge in [0.2, 0.25) is 0 Å². The normalized spacial score (nSPS) is 19.6. The molecule has 2 atom stereocenters. The summed E-state index contributed by atoms with van der Waals surface area (Å²) in [6.45, 7) is 2.18. The molecule has 26 heavy (non-hydrogen) atoms. The number of carbonyl (C=O) groups excluding carboxylic acids is 2. The molecule has 1 aliphatic rings. The topological polar surface area (TPSA) is 55.4 Å². The van der Waals surface area contributed by atoms with Crippen LogP contribution in [0.3, 0.4) is 0 Å². The summed E-state index contributed by atoms with van der Waals surface area (Å²) in [6, 6.07) is 16.3. The molecule has 1 amide bonds. The van der Waals surface area contributed by atoms with E-state index in [9.17, 15) is 9.59 Å². The van der Waals surface area contributed by atoms with Crippen molar-refractivity contribution in [2.75, 3.05) is 6.61 Å². The number of benzene rings is 2. The molecule has 0 unspecified atom stereocenters. The Morgan fingerprint density at radius 2 is 1.62 bits per heavy atom. The zero-order valence-corrected chi connectivity index (χ0v) is 15.1. The largest absolute Gasteiger partial charge is 0.484 e. The van der Waals surface area contributed by atoms with E-state index >= 15 is 0 Å². The van der Waals surface area contributed by atoms with Crippen molar-refractivity contribution in [3.63, 3.8) is 0 Å². The third-order valence-corrected chi connectivity index (χ3v) is 4.98. The summed E-state index contributed by atoms with van der Waals surface area (Å²) in [4.78, 5) is 24.5. The summed E-state index contributed by atoms with van der Waals surface area (Å²) in [5, 5.41) is 3.07. The van der Waals surface area contributed by atoms with E-state index in [4.69, 9.17) is 4.74 Å². The van der Waals surface area contributed by atoms with Gasteiger partial charge in [0.15, 0.2) is 12.4 Å². The van der Waals surface area contributed by atoms with Crippen LogP contribution in [-0.2, 0) is 4.79 Å². The van der Waals surface area contributed by atoms with Crippen LogP contribution in [0.1, 0.15) is 48.5 Å². The molecule has 0 bridgehead atoms. The molecule has 136 valence electrons. The van der Waals surface area contributed by atoms with Gasteiger partial charge in [-0.3, -0.25) is 9.59 Å². The van der Waals surface area contributed by atoms with Crippen molar-refractivity contribution in [2.45, 2.75) is 38.6 Å². The van der Waals surface area contributed by atoms with E-state index in [1.807, 2.05) is 18.2 Å². The van der Waals surface area contributed by atoms with Gasteiger partial charge in [0.25, 0.3) is 5.91 Å². The molecule has 0 radical (unpaired) electrons. The highest BCUT2D eigenvalue weighted by molar-refractivity contribution is 6.08. The summed E-state index contributed by atoms with van der Waals surface area (Å²) in [6.07, 6.45) is 4.64. The van der Waals surface area contributed by atoms with E-state index in [1.165, 1.54) is 19.3 Å². The van der Waals surface area contributed by atoms with Crippen LogP contribution < -0.4 is 10.1 Å². The molecule has 3 rings (SSSR count). The molecule has 4 heteroatoms. The van der Waals surface area contributed by atoms with Gasteiger partial charge in [-0.15, -0.1) is 0 Å². The molecule has 0 aliphatic heterocycles. The Labute approximate surface area is 154 Å². The van der Waals surface area contributed by atoms with Crippen molar-refractivity contribution >= 4 is 11.7 Å². The van der Waals surface area contributed by atoms with Gasteiger partial charge in [0, 0.05) is 17.2 Å². The van der Waals surface area contributed by atoms with Crippen molar-refractivity contribution < 1.29 is 14.3 Å². The third-order valence-electron chi connectivity index (χ3n) is 4.98. The first-order chi connectivity index (χ1) is 12.6. The summed E-state index contributed by atoms with van der Waals surface area (Å²) in [7, 11) is 0. The van der Waals surface area contributed by atoms with Crippen LogP contribution in [0, 0.1) is 5.92 Å². The summed E-state index contributed by atoms with van der Waals surface area (Å²) >= 11 is 0. The Morgan fingerprint density at radius 1 is 0.962 bits per heavy atom. The molecule has 0 spiro atoms. The van der Waals surface area contributed by atoms with Gasteiger partial charge in [-0.1, -0.05) is 50.1 Å². The fourth-order valence-corrected chi connectivity index (χ4v) is 3.39. The molecule has 1 saturated carbocycles. The van der Waals surface area contributed by atoms with Crippen LogP contribution in [-0.4, -0.2) is 24.3 Å². The van der Waals surface area contributed by atoms with Crippen molar-refractivity contribution in [3.8, 4) is 5.75 Å². The Bertz CT molecular complexity index is 740. The maximum absolute atomic E-state index is 12.4. The highest BCUT2D eigenvalue weighted by Gasteiger charge is 2.22. The monoisotopic (exact) mass is 351 g/mol. The highest BCUT2D eigenvalue weighted by Crippen LogP contribution is 2.23. The number of ether oxygens (including phenoxy) is 1. The van der Waals surface area contributed by atoms with Crippen LogP contribution in [0.25, 0.3) is 0 Å². The number of hydrogen-bond acceptors (Lipinski definition) is 3. The Morgan fingerprint density at radius 3 is 2.31 bits per heavy atom. The predicted octanol–water partition coefficient (Wildman–Crippen LogP) is 3.99. The summed E-state index contributed by atoms with van der Waals surface area (Å²) < 4.78 is 5.56. The molecule has 4 nitrogen and oxygen atoms in total. The number of amides is 1. The molecule has 2 aromatic carbocycles. The first-order valence-electron chi connectivity index (χ1n) is 9.25. The van der Waals surface area contributed by atoms with E-state index in [0.29, 0.717) is 22.8 Å². The summed E-state index contributed by atoms with van der Waals surface area (Å²) in [5.41, 5.74) is 1.26. The van der Waals surface area contributed by atoms with Crippen molar-refractivity contribution in [1.82, 2.24) is 5.32 Å². The minimum absolute atomic E-state index is 0.00476. The number of hydrogen-bond donors (Lipinski definition) is 1. The molecule has 1 N–H and O–H groups in total. The Hall–Kier alpha value is -2.62. The molecule has 1 fully saturated rings. The second kappa shape index (κ2) is 8.65. The van der Waals surface area contributed by atoms with Gasteiger partial charge in [0.1, 0.15) is 5.75 Å². The van der Waals surface area contributed by atoms with Gasteiger partial charge < -0.3 is 10.1 Å². The average Bonchev–Trinajstić information content (AvgIpc) is 2.69. The molecular formula is C22H25NO3. The van der Waals surface area contributed by atoms with Crippen LogP contribution >= 0.6 is 0 Å². The van der Waals surface area contributed by atoms with Crippen LogP contribution in [0.15, 0.2) is 54.6 Å². The SMILES string of the molecule is C[C@@H]1CCCC[C@H]1NC(=O)COc1ccc(C(=O)c2ccccc2)cc1. The lowest BCUT2D eigenvalue weighted by atomic mass is 9.86. The molecule has 0 heterocycles. The Balaban J connectivity index is 1.51. The Kier molecular flexibility index (Phi) is 6.05. The zero-order valence-electron chi connectivity index (χ0n) is 15.1. The van der Waals surface area contributed by atoms with E-state index in [1.54, 1.807) is 36.4 Å². The number of ketones is 1. The standard InChI is InChI=1S/C22H25NO3/c1-16-7-5-6-10-20(16)23-21(24)15-26-19-13-11-18(12-14-19)22(25)17-8-3-2-4-9-17/h2-4,8-9,11-14,16,20H,5-7,10,15H2,1H3,(H,23,24)/t16-,20-/m1/s1. The van der Waals surface area contributed by atoms with E-state index in [2.05, 4.69) is 12.2 Å². The van der Waals surface area contributed by atoms with Crippen molar-refractivity contribution in [1.29, 1.82) is 0 Å². The molecule has 1 aliphatic carbocycles. The first kappa shape index (κ1) is 18.2. The lowest BCUT2D eigenvalue weighted by molar-refractivity contribution is -0.124. The first-order valence-corrected chi connectivity index (χ1v) is 9.25. The number of rotatable bonds is 6. The maximum atomic E-state index is 12.4. The fourth-order valence-electron chi connectivity index (χ4n) is 3.39. The minimum atomic E-state index is -0.0896. The molecule has 0 aromatic heterocycles. The lowest BCUT2D eigenvalue weighted by Crippen LogP contribution is -2.43. The average molecular weight is 351 g/mol. The minimum Gasteiger partial charge on any atom is -0.484 e. The van der Waals surface area contributed by atoms with Gasteiger partial charge in [-0.05, 0) is 43.0 Å². The zero-order chi connectivity index (χ0) is 18.4. The molecule has 2 aromatic rings. The van der Waals surface area contributed by atoms with E-state index in [-0.39, 0.29) is 24.3 Å². The third kappa shape index (κ3) is 4.72. The second-order valence-electron chi connectivity index (χ2n) is 6.94. The summed E-state index contributed by atoms with van der Waals surface area (Å²) in [5.74, 6) is 0.992. The van der Waals surface area contributed by atoms with Crippen molar-refractivity contribution in [3.05, 3.63) is 65.7 Å². The van der Waals surface area contributed by atoms with Crippen LogP contribution in [0.2, 0.25) is 0 Å². The van der Waals surface area contributed by atoms with Gasteiger partial charge in [-0.2, -0.15) is 0 Å². The number of carbonyl (C=O) groups is 2. The predicted molar refractivity (Wildman–Crippen MR) is 101 cm³/mol. The maximum Gasteiger partial charge on any atom is 0.258 e. The molecule has 0 saturated heterocycles. The fraction of sp³-hybridized carbons (Fsp3) is 0.364. The quantitative estimate of drug-likeness (QED) is 0.801. The molecular weight excluding hydrogens is 326 g/mol. The van der Waals surface area contributed by atoms with Crippen LogP contribution in [0.5, 0.6) is 5.75 Å². The van der Waals surface area contributed by atoms with E-state index in [0.717, 1.165) is 6.42 Å². The smallest absolute Gasteiger partial charge is 0.258 e. The highest BCUT2D eigenvalue weighted by atomic mass is 16.5.